The molecule has 21 heavy (non-hydrogen) atoms. The first-order valence-corrected chi connectivity index (χ1v) is 7.44. The van der Waals surface area contributed by atoms with Crippen LogP contribution >= 0.6 is 34.5 Å². The number of nitrogens with one attached hydrogen (secondary N) is 1. The number of carbonyl (C=O) groups is 2. The van der Waals surface area contributed by atoms with Crippen molar-refractivity contribution in [3.05, 3.63) is 43.8 Å². The van der Waals surface area contributed by atoms with Gasteiger partial charge >= 0.3 is 5.97 Å². The zero-order chi connectivity index (χ0) is 15.6. The van der Waals surface area contributed by atoms with Crippen molar-refractivity contribution in [2.45, 2.75) is 13.3 Å². The molecule has 8 heteroatoms. The molecule has 0 unspecified atom stereocenters. The van der Waals surface area contributed by atoms with Crippen LogP contribution in [0.4, 0.5) is 5.69 Å². The number of thiazole rings is 1. The summed E-state index contributed by atoms with van der Waals surface area (Å²) in [7, 11) is 0. The maximum atomic E-state index is 12.0. The quantitative estimate of drug-likeness (QED) is 0.887. The van der Waals surface area contributed by atoms with Gasteiger partial charge in [0.2, 0.25) is 5.91 Å². The minimum atomic E-state index is -1.26. The largest absolute Gasteiger partial charge is 0.478 e. The number of hydrogen-bond acceptors (Lipinski definition) is 4. The van der Waals surface area contributed by atoms with Crippen LogP contribution in [0.5, 0.6) is 0 Å². The van der Waals surface area contributed by atoms with Gasteiger partial charge in [0, 0.05) is 5.38 Å². The first-order chi connectivity index (χ1) is 9.88. The molecule has 0 aliphatic heterocycles. The molecule has 1 heterocycles. The number of rotatable bonds is 4. The number of nitrogens with zero attached hydrogens (tertiary/aromatic N) is 1. The molecule has 0 aliphatic rings. The second kappa shape index (κ2) is 6.43. The van der Waals surface area contributed by atoms with Crippen molar-refractivity contribution >= 4 is 52.1 Å². The lowest BCUT2D eigenvalue weighted by Gasteiger charge is -2.11. The third-order valence-corrected chi connectivity index (χ3v) is 4.04. The summed E-state index contributed by atoms with van der Waals surface area (Å²) in [5.74, 6) is -1.67. The number of hydrogen-bond donors (Lipinski definition) is 2. The Balaban J connectivity index is 2.24. The lowest BCUT2D eigenvalue weighted by molar-refractivity contribution is -0.115. The summed E-state index contributed by atoms with van der Waals surface area (Å²) < 4.78 is 0. The molecule has 1 aromatic heterocycles. The first-order valence-electron chi connectivity index (χ1n) is 5.80. The first kappa shape index (κ1) is 15.8. The lowest BCUT2D eigenvalue weighted by atomic mass is 10.1. The Bertz CT molecular complexity index is 715. The average molecular weight is 345 g/mol. The van der Waals surface area contributed by atoms with E-state index in [0.717, 1.165) is 5.01 Å². The van der Waals surface area contributed by atoms with E-state index < -0.39 is 11.9 Å². The van der Waals surface area contributed by atoms with E-state index in [1.807, 2.05) is 6.92 Å². The summed E-state index contributed by atoms with van der Waals surface area (Å²) in [6.45, 7) is 1.84. The summed E-state index contributed by atoms with van der Waals surface area (Å²) in [6.07, 6.45) is 0.0340. The highest BCUT2D eigenvalue weighted by Crippen LogP contribution is 2.32. The third-order valence-electron chi connectivity index (χ3n) is 2.59. The number of benzene rings is 1. The van der Waals surface area contributed by atoms with Crippen LogP contribution in [0.3, 0.4) is 0 Å². The van der Waals surface area contributed by atoms with E-state index >= 15 is 0 Å². The van der Waals surface area contributed by atoms with E-state index in [1.165, 1.54) is 23.5 Å². The van der Waals surface area contributed by atoms with Crippen LogP contribution in [0.15, 0.2) is 17.5 Å². The van der Waals surface area contributed by atoms with Crippen LogP contribution in [0.1, 0.15) is 21.1 Å². The Kier molecular flexibility index (Phi) is 4.82. The maximum absolute atomic E-state index is 12.0. The van der Waals surface area contributed by atoms with Crippen molar-refractivity contribution in [1.82, 2.24) is 4.98 Å². The Hall–Kier alpha value is -1.63. The third kappa shape index (κ3) is 3.72. The van der Waals surface area contributed by atoms with Crippen LogP contribution in [-0.4, -0.2) is 22.0 Å². The smallest absolute Gasteiger partial charge is 0.339 e. The van der Waals surface area contributed by atoms with E-state index in [2.05, 4.69) is 10.3 Å². The Labute approximate surface area is 134 Å². The zero-order valence-corrected chi connectivity index (χ0v) is 13.1. The van der Waals surface area contributed by atoms with Gasteiger partial charge in [0.15, 0.2) is 0 Å². The predicted molar refractivity (Wildman–Crippen MR) is 82.6 cm³/mol. The van der Waals surface area contributed by atoms with Crippen molar-refractivity contribution in [2.24, 2.45) is 0 Å². The van der Waals surface area contributed by atoms with Crippen LogP contribution < -0.4 is 5.32 Å². The molecule has 0 aliphatic carbocycles. The number of aromatic carboxylic acids is 1. The monoisotopic (exact) mass is 344 g/mol. The van der Waals surface area contributed by atoms with Gasteiger partial charge in [-0.05, 0) is 19.1 Å². The molecule has 0 saturated heterocycles. The van der Waals surface area contributed by atoms with E-state index in [-0.39, 0.29) is 27.7 Å². The molecule has 0 radical (unpaired) electrons. The molecule has 0 bridgehead atoms. The molecular weight excluding hydrogens is 335 g/mol. The molecule has 0 spiro atoms. The van der Waals surface area contributed by atoms with Crippen molar-refractivity contribution in [2.75, 3.05) is 5.32 Å². The molecule has 2 aromatic rings. The fourth-order valence-electron chi connectivity index (χ4n) is 1.72. The predicted octanol–water partition coefficient (Wildman–Crippen LogP) is 3.64. The summed E-state index contributed by atoms with van der Waals surface area (Å²) in [5.41, 5.74) is 0.380. The molecule has 0 fully saturated rings. The molecule has 1 aromatic carbocycles. The van der Waals surface area contributed by atoms with E-state index in [9.17, 15) is 14.7 Å². The highest BCUT2D eigenvalue weighted by atomic mass is 35.5. The number of halogens is 2. The van der Waals surface area contributed by atoms with Gasteiger partial charge < -0.3 is 10.4 Å². The van der Waals surface area contributed by atoms with E-state index in [4.69, 9.17) is 23.2 Å². The number of carboxylic acid groups (broad SMARTS) is 1. The topological polar surface area (TPSA) is 79.3 Å². The maximum Gasteiger partial charge on any atom is 0.339 e. The van der Waals surface area contributed by atoms with Gasteiger partial charge in [0.05, 0.1) is 32.9 Å². The molecule has 2 rings (SSSR count). The molecule has 0 atom stereocenters. The molecule has 2 N–H and O–H groups in total. The normalized spacial score (nSPS) is 10.4. The number of aromatic nitrogens is 1. The highest BCUT2D eigenvalue weighted by molar-refractivity contribution is 7.09. The number of carboxylic acids is 1. The molecular formula is C13H10Cl2N2O3S. The van der Waals surface area contributed by atoms with Crippen molar-refractivity contribution in [1.29, 1.82) is 0 Å². The van der Waals surface area contributed by atoms with Gasteiger partial charge in [-0.1, -0.05) is 23.2 Å². The van der Waals surface area contributed by atoms with Crippen molar-refractivity contribution < 1.29 is 14.7 Å². The van der Waals surface area contributed by atoms with Gasteiger partial charge in [-0.15, -0.1) is 11.3 Å². The Morgan fingerprint density at radius 3 is 2.57 bits per heavy atom. The molecule has 1 amide bonds. The SMILES string of the molecule is Cc1nc(CC(=O)Nc2c(Cl)ccc(Cl)c2C(=O)O)cs1. The van der Waals surface area contributed by atoms with Crippen molar-refractivity contribution in [3.8, 4) is 0 Å². The molecule has 110 valence electrons. The van der Waals surface area contributed by atoms with E-state index in [1.54, 1.807) is 5.38 Å². The summed E-state index contributed by atoms with van der Waals surface area (Å²) >= 11 is 13.2. The fourth-order valence-corrected chi connectivity index (χ4v) is 2.78. The standard InChI is InChI=1S/C13H10Cl2N2O3S/c1-6-16-7(5-21-6)4-10(18)17-12-9(15)3-2-8(14)11(12)13(19)20/h2-3,5H,4H2,1H3,(H,17,18)(H,19,20). The second-order valence-electron chi connectivity index (χ2n) is 4.17. The van der Waals surface area contributed by atoms with Crippen LogP contribution in [0.2, 0.25) is 10.0 Å². The van der Waals surface area contributed by atoms with Crippen LogP contribution in [0, 0.1) is 6.92 Å². The Morgan fingerprint density at radius 2 is 2.00 bits per heavy atom. The highest BCUT2D eigenvalue weighted by Gasteiger charge is 2.20. The summed E-state index contributed by atoms with van der Waals surface area (Å²) in [5, 5.41) is 14.4. The average Bonchev–Trinajstić information content (AvgIpc) is 2.78. The number of carbonyl (C=O) groups excluding carboxylic acids is 1. The zero-order valence-electron chi connectivity index (χ0n) is 10.8. The molecule has 0 saturated carbocycles. The van der Waals surface area contributed by atoms with Gasteiger partial charge in [-0.25, -0.2) is 9.78 Å². The van der Waals surface area contributed by atoms with Gasteiger partial charge in [0.1, 0.15) is 5.56 Å². The van der Waals surface area contributed by atoms with Gasteiger partial charge in [-0.3, -0.25) is 4.79 Å². The number of aryl methyl sites for hydroxylation is 1. The minimum absolute atomic E-state index is 0.00591. The number of amides is 1. The molecule has 5 nitrogen and oxygen atoms in total. The minimum Gasteiger partial charge on any atom is -0.478 e. The summed E-state index contributed by atoms with van der Waals surface area (Å²) in [6, 6.07) is 2.80. The number of anilines is 1. The van der Waals surface area contributed by atoms with E-state index in [0.29, 0.717) is 5.69 Å². The fraction of sp³-hybridized carbons (Fsp3) is 0.154. The van der Waals surface area contributed by atoms with Crippen molar-refractivity contribution in [3.63, 3.8) is 0 Å². The lowest BCUT2D eigenvalue weighted by Crippen LogP contribution is -2.17. The summed E-state index contributed by atoms with van der Waals surface area (Å²) in [4.78, 5) is 27.4. The van der Waals surface area contributed by atoms with Gasteiger partial charge in [0.25, 0.3) is 0 Å². The van der Waals surface area contributed by atoms with Crippen LogP contribution in [0.25, 0.3) is 0 Å². The van der Waals surface area contributed by atoms with Crippen LogP contribution in [-0.2, 0) is 11.2 Å². The second-order valence-corrected chi connectivity index (χ2v) is 6.04. The Morgan fingerprint density at radius 1 is 1.33 bits per heavy atom. The van der Waals surface area contributed by atoms with Gasteiger partial charge in [-0.2, -0.15) is 0 Å².